The molecule has 0 aromatic carbocycles. The third kappa shape index (κ3) is 4.87. The summed E-state index contributed by atoms with van der Waals surface area (Å²) in [6, 6.07) is 2.28. The number of carbonyl (C=O) groups excluding carboxylic acids is 1. The van der Waals surface area contributed by atoms with Crippen LogP contribution in [-0.2, 0) is 17.9 Å². The molecule has 1 rings (SSSR count). The van der Waals surface area contributed by atoms with Crippen LogP contribution in [0.1, 0.15) is 38.6 Å². The van der Waals surface area contributed by atoms with E-state index >= 15 is 0 Å². The standard InChI is InChI=1S/C13H24N4O/c1-5-17-12(8-11(4)16-17)9-14-7-6-13(18)15-10(2)3/h8,10,14H,5-7,9H2,1-4H3,(H,15,18). The molecular formula is C13H24N4O. The molecular weight excluding hydrogens is 228 g/mol. The first-order chi connectivity index (χ1) is 8.52. The average Bonchev–Trinajstić information content (AvgIpc) is 2.64. The third-order valence-electron chi connectivity index (χ3n) is 2.57. The van der Waals surface area contributed by atoms with E-state index in [9.17, 15) is 4.79 Å². The molecule has 0 saturated carbocycles. The summed E-state index contributed by atoms with van der Waals surface area (Å²) in [4.78, 5) is 11.4. The van der Waals surface area contributed by atoms with Gasteiger partial charge in [-0.15, -0.1) is 0 Å². The van der Waals surface area contributed by atoms with Crippen molar-refractivity contribution in [2.45, 2.75) is 53.2 Å². The zero-order valence-electron chi connectivity index (χ0n) is 11.8. The average molecular weight is 252 g/mol. The number of aryl methyl sites for hydroxylation is 2. The Hall–Kier alpha value is -1.36. The maximum Gasteiger partial charge on any atom is 0.221 e. The van der Waals surface area contributed by atoms with Crippen molar-refractivity contribution in [1.82, 2.24) is 20.4 Å². The predicted molar refractivity (Wildman–Crippen MR) is 72.2 cm³/mol. The Balaban J connectivity index is 2.27. The van der Waals surface area contributed by atoms with Crippen molar-refractivity contribution >= 4 is 5.91 Å². The normalized spacial score (nSPS) is 10.9. The van der Waals surface area contributed by atoms with E-state index in [-0.39, 0.29) is 11.9 Å². The minimum absolute atomic E-state index is 0.0951. The Morgan fingerprint density at radius 3 is 2.83 bits per heavy atom. The van der Waals surface area contributed by atoms with Gasteiger partial charge in [0.05, 0.1) is 11.4 Å². The van der Waals surface area contributed by atoms with Gasteiger partial charge in [-0.2, -0.15) is 5.10 Å². The Bertz CT molecular complexity index is 384. The van der Waals surface area contributed by atoms with Gasteiger partial charge in [0, 0.05) is 32.1 Å². The molecule has 0 aliphatic heterocycles. The van der Waals surface area contributed by atoms with Crippen LogP contribution in [0.4, 0.5) is 0 Å². The number of hydrogen-bond donors (Lipinski definition) is 2. The summed E-state index contributed by atoms with van der Waals surface area (Å²) in [5, 5.41) is 10.5. The molecule has 2 N–H and O–H groups in total. The van der Waals surface area contributed by atoms with Gasteiger partial charge in [-0.25, -0.2) is 0 Å². The molecule has 18 heavy (non-hydrogen) atoms. The van der Waals surface area contributed by atoms with E-state index in [1.54, 1.807) is 0 Å². The van der Waals surface area contributed by atoms with Crippen LogP contribution in [0, 0.1) is 6.92 Å². The van der Waals surface area contributed by atoms with E-state index in [1.807, 2.05) is 25.5 Å². The largest absolute Gasteiger partial charge is 0.354 e. The third-order valence-corrected chi connectivity index (χ3v) is 2.57. The first-order valence-electron chi connectivity index (χ1n) is 6.56. The van der Waals surface area contributed by atoms with E-state index in [0.717, 1.165) is 18.8 Å². The lowest BCUT2D eigenvalue weighted by Crippen LogP contribution is -2.32. The SMILES string of the molecule is CCn1nc(C)cc1CNCCC(=O)NC(C)C. The van der Waals surface area contributed by atoms with Crippen LogP contribution < -0.4 is 10.6 Å². The highest BCUT2D eigenvalue weighted by molar-refractivity contribution is 5.76. The number of amides is 1. The van der Waals surface area contributed by atoms with Crippen molar-refractivity contribution in [1.29, 1.82) is 0 Å². The molecule has 0 saturated heterocycles. The maximum absolute atomic E-state index is 11.4. The van der Waals surface area contributed by atoms with Crippen molar-refractivity contribution in [2.75, 3.05) is 6.54 Å². The Morgan fingerprint density at radius 1 is 1.50 bits per heavy atom. The molecule has 0 bridgehead atoms. The molecule has 5 nitrogen and oxygen atoms in total. The fourth-order valence-electron chi connectivity index (χ4n) is 1.83. The van der Waals surface area contributed by atoms with Crippen LogP contribution in [0.3, 0.4) is 0 Å². The highest BCUT2D eigenvalue weighted by Crippen LogP contribution is 2.03. The van der Waals surface area contributed by atoms with E-state index in [0.29, 0.717) is 13.0 Å². The molecule has 0 fully saturated rings. The van der Waals surface area contributed by atoms with Crippen LogP contribution in [0.25, 0.3) is 0 Å². The van der Waals surface area contributed by atoms with Gasteiger partial charge in [0.2, 0.25) is 5.91 Å². The van der Waals surface area contributed by atoms with Gasteiger partial charge >= 0.3 is 0 Å². The van der Waals surface area contributed by atoms with Gasteiger partial charge in [-0.1, -0.05) is 0 Å². The summed E-state index contributed by atoms with van der Waals surface area (Å²) in [5.41, 5.74) is 2.20. The van der Waals surface area contributed by atoms with E-state index in [2.05, 4.69) is 28.7 Å². The molecule has 0 aliphatic rings. The van der Waals surface area contributed by atoms with Gasteiger partial charge < -0.3 is 10.6 Å². The molecule has 0 atom stereocenters. The molecule has 1 heterocycles. The second-order valence-electron chi connectivity index (χ2n) is 4.74. The molecule has 1 aromatic heterocycles. The topological polar surface area (TPSA) is 59.0 Å². The molecule has 1 aromatic rings. The van der Waals surface area contributed by atoms with Crippen molar-refractivity contribution in [3.05, 3.63) is 17.5 Å². The summed E-state index contributed by atoms with van der Waals surface area (Å²) in [6.07, 6.45) is 0.511. The molecule has 0 radical (unpaired) electrons. The first-order valence-corrected chi connectivity index (χ1v) is 6.56. The van der Waals surface area contributed by atoms with Crippen LogP contribution in [0.15, 0.2) is 6.07 Å². The van der Waals surface area contributed by atoms with Gasteiger partial charge in [-0.3, -0.25) is 9.48 Å². The lowest BCUT2D eigenvalue weighted by Gasteiger charge is -2.09. The second kappa shape index (κ2) is 7.16. The predicted octanol–water partition coefficient (Wildman–Crippen LogP) is 1.22. The highest BCUT2D eigenvalue weighted by atomic mass is 16.1. The van der Waals surface area contributed by atoms with E-state index in [1.165, 1.54) is 5.69 Å². The number of aromatic nitrogens is 2. The summed E-state index contributed by atoms with van der Waals surface area (Å²) in [6.45, 7) is 10.3. The van der Waals surface area contributed by atoms with Gasteiger partial charge in [0.15, 0.2) is 0 Å². The summed E-state index contributed by atoms with van der Waals surface area (Å²) in [7, 11) is 0. The van der Waals surface area contributed by atoms with E-state index in [4.69, 9.17) is 0 Å². The summed E-state index contributed by atoms with van der Waals surface area (Å²) >= 11 is 0. The van der Waals surface area contributed by atoms with Crippen molar-refractivity contribution in [2.24, 2.45) is 0 Å². The van der Waals surface area contributed by atoms with Crippen molar-refractivity contribution in [3.8, 4) is 0 Å². The number of rotatable bonds is 7. The lowest BCUT2D eigenvalue weighted by molar-refractivity contribution is -0.121. The van der Waals surface area contributed by atoms with Gasteiger partial charge in [-0.05, 0) is 33.8 Å². The lowest BCUT2D eigenvalue weighted by atomic mass is 10.3. The number of nitrogens with zero attached hydrogens (tertiary/aromatic N) is 2. The Morgan fingerprint density at radius 2 is 2.22 bits per heavy atom. The van der Waals surface area contributed by atoms with Gasteiger partial charge in [0.1, 0.15) is 0 Å². The van der Waals surface area contributed by atoms with Gasteiger partial charge in [0.25, 0.3) is 0 Å². The van der Waals surface area contributed by atoms with Crippen molar-refractivity contribution in [3.63, 3.8) is 0 Å². The molecule has 0 unspecified atom stereocenters. The van der Waals surface area contributed by atoms with Crippen LogP contribution >= 0.6 is 0 Å². The summed E-state index contributed by atoms with van der Waals surface area (Å²) < 4.78 is 1.98. The monoisotopic (exact) mass is 252 g/mol. The number of nitrogens with one attached hydrogen (secondary N) is 2. The summed E-state index contributed by atoms with van der Waals surface area (Å²) in [5.74, 6) is 0.0951. The van der Waals surface area contributed by atoms with Crippen molar-refractivity contribution < 1.29 is 4.79 Å². The second-order valence-corrected chi connectivity index (χ2v) is 4.74. The zero-order valence-corrected chi connectivity index (χ0v) is 11.8. The smallest absolute Gasteiger partial charge is 0.221 e. The quantitative estimate of drug-likeness (QED) is 0.717. The maximum atomic E-state index is 11.4. The Kier molecular flexibility index (Phi) is 5.85. The number of carbonyl (C=O) groups is 1. The molecule has 1 amide bonds. The fourth-order valence-corrected chi connectivity index (χ4v) is 1.83. The van der Waals surface area contributed by atoms with E-state index < -0.39 is 0 Å². The molecule has 0 spiro atoms. The zero-order chi connectivity index (χ0) is 13.5. The molecule has 0 aliphatic carbocycles. The van der Waals surface area contributed by atoms with Crippen LogP contribution in [0.5, 0.6) is 0 Å². The van der Waals surface area contributed by atoms with Crippen LogP contribution in [-0.4, -0.2) is 28.3 Å². The minimum atomic E-state index is 0.0951. The first kappa shape index (κ1) is 14.7. The highest BCUT2D eigenvalue weighted by Gasteiger charge is 2.05. The molecule has 102 valence electrons. The molecule has 5 heteroatoms. The Labute approximate surface area is 109 Å². The van der Waals surface area contributed by atoms with Crippen LogP contribution in [0.2, 0.25) is 0 Å². The minimum Gasteiger partial charge on any atom is -0.354 e. The number of hydrogen-bond acceptors (Lipinski definition) is 3. The fraction of sp³-hybridized carbons (Fsp3) is 0.692.